The number of carboxylic acids is 1. The number of carbonyl (C=O) groups is 2. The summed E-state index contributed by atoms with van der Waals surface area (Å²) in [5, 5.41) is 11.8. The van der Waals surface area contributed by atoms with Crippen molar-refractivity contribution in [3.63, 3.8) is 0 Å². The smallest absolute Gasteiger partial charge is 0.308 e. The predicted octanol–water partition coefficient (Wildman–Crippen LogP) is 1.39. The fraction of sp³-hybridized carbons (Fsp3) is 0.529. The molecule has 1 aromatic carbocycles. The third-order valence-corrected chi connectivity index (χ3v) is 5.14. The van der Waals surface area contributed by atoms with E-state index in [1.54, 1.807) is 19.1 Å². The Hall–Kier alpha value is -1.93. The van der Waals surface area contributed by atoms with Gasteiger partial charge in [0.25, 0.3) is 0 Å². The molecule has 0 saturated heterocycles. The zero-order chi connectivity index (χ0) is 19.0. The average molecular weight is 370 g/mol. The Morgan fingerprint density at radius 2 is 1.76 bits per heavy atom. The number of hydrogen-bond donors (Lipinski definition) is 3. The summed E-state index contributed by atoms with van der Waals surface area (Å²) < 4.78 is 26.1. The van der Waals surface area contributed by atoms with Crippen molar-refractivity contribution in [3.05, 3.63) is 29.8 Å². The van der Waals surface area contributed by atoms with Crippen LogP contribution in [0.4, 0.5) is 0 Å². The first-order valence-corrected chi connectivity index (χ1v) is 9.72. The van der Waals surface area contributed by atoms with Crippen molar-refractivity contribution in [1.82, 2.24) is 10.0 Å². The van der Waals surface area contributed by atoms with E-state index in [-0.39, 0.29) is 29.7 Å². The number of carbonyl (C=O) groups excluding carboxylic acids is 1. The summed E-state index contributed by atoms with van der Waals surface area (Å²) in [5.41, 5.74) is 0.656. The van der Waals surface area contributed by atoms with Crippen LogP contribution in [0.3, 0.4) is 0 Å². The molecule has 1 unspecified atom stereocenters. The lowest BCUT2D eigenvalue weighted by molar-refractivity contribution is -0.142. The number of rotatable bonds is 10. The fourth-order valence-electron chi connectivity index (χ4n) is 2.39. The Labute approximate surface area is 148 Å². The van der Waals surface area contributed by atoms with Gasteiger partial charge in [0.05, 0.1) is 17.2 Å². The van der Waals surface area contributed by atoms with Crippen LogP contribution in [0.15, 0.2) is 29.2 Å². The molecule has 0 fully saturated rings. The molecule has 3 N–H and O–H groups in total. The molecule has 25 heavy (non-hydrogen) atoms. The molecule has 0 heterocycles. The third-order valence-electron chi connectivity index (χ3n) is 3.58. The van der Waals surface area contributed by atoms with Gasteiger partial charge in [-0.15, -0.1) is 0 Å². The van der Waals surface area contributed by atoms with Crippen LogP contribution in [0.1, 0.15) is 32.8 Å². The van der Waals surface area contributed by atoms with E-state index in [2.05, 4.69) is 10.0 Å². The molecule has 8 heteroatoms. The molecule has 0 spiro atoms. The van der Waals surface area contributed by atoms with Gasteiger partial charge in [-0.1, -0.05) is 32.9 Å². The highest BCUT2D eigenvalue weighted by molar-refractivity contribution is 7.89. The molecule has 0 aliphatic carbocycles. The quantitative estimate of drug-likeness (QED) is 0.576. The zero-order valence-electron chi connectivity index (χ0n) is 14.8. The molecule has 0 saturated carbocycles. The number of hydrogen-bond acceptors (Lipinski definition) is 4. The second kappa shape index (κ2) is 9.53. The predicted molar refractivity (Wildman–Crippen MR) is 94.6 cm³/mol. The summed E-state index contributed by atoms with van der Waals surface area (Å²) in [6.07, 6.45) is 0.558. The monoisotopic (exact) mass is 370 g/mol. The highest BCUT2D eigenvalue weighted by Crippen LogP contribution is 2.12. The fourth-order valence-corrected chi connectivity index (χ4v) is 3.43. The lowest BCUT2D eigenvalue weighted by Crippen LogP contribution is -2.34. The molecule has 1 aromatic rings. The molecule has 7 nitrogen and oxygen atoms in total. The minimum atomic E-state index is -3.51. The molecule has 0 aromatic heterocycles. The molecule has 1 amide bonds. The van der Waals surface area contributed by atoms with Gasteiger partial charge in [-0.05, 0) is 30.0 Å². The maximum atomic E-state index is 12.0. The second-order valence-corrected chi connectivity index (χ2v) is 8.06. The van der Waals surface area contributed by atoms with Crippen LogP contribution in [0.5, 0.6) is 0 Å². The second-order valence-electron chi connectivity index (χ2n) is 6.29. The van der Waals surface area contributed by atoms with E-state index in [4.69, 9.17) is 5.11 Å². The van der Waals surface area contributed by atoms with Gasteiger partial charge in [0.2, 0.25) is 15.9 Å². The number of nitrogens with one attached hydrogen (secondary N) is 2. The Morgan fingerprint density at radius 1 is 1.16 bits per heavy atom. The lowest BCUT2D eigenvalue weighted by Gasteiger charge is -2.15. The van der Waals surface area contributed by atoms with Crippen LogP contribution >= 0.6 is 0 Å². The van der Waals surface area contributed by atoms with Gasteiger partial charge in [0, 0.05) is 13.1 Å². The molecule has 1 atom stereocenters. The molecule has 0 radical (unpaired) electrons. The number of aliphatic carboxylic acids is 1. The van der Waals surface area contributed by atoms with Crippen molar-refractivity contribution in [2.24, 2.45) is 11.8 Å². The normalized spacial score (nSPS) is 12.8. The molecule has 0 aliphatic heterocycles. The lowest BCUT2D eigenvalue weighted by atomic mass is 9.97. The highest BCUT2D eigenvalue weighted by atomic mass is 32.2. The van der Waals surface area contributed by atoms with Crippen molar-refractivity contribution < 1.29 is 23.1 Å². The summed E-state index contributed by atoms with van der Waals surface area (Å²) in [4.78, 5) is 23.3. The molecule has 0 bridgehead atoms. The molecular formula is C17H26N2O5S. The van der Waals surface area contributed by atoms with Gasteiger partial charge in [-0.3, -0.25) is 9.59 Å². The average Bonchev–Trinajstić information content (AvgIpc) is 2.51. The summed E-state index contributed by atoms with van der Waals surface area (Å²) in [7, 11) is -3.51. The van der Waals surface area contributed by atoms with Gasteiger partial charge in [-0.25, -0.2) is 13.1 Å². The Morgan fingerprint density at radius 3 is 2.24 bits per heavy atom. The molecule has 1 rings (SSSR count). The molecule has 140 valence electrons. The first kappa shape index (κ1) is 21.1. The van der Waals surface area contributed by atoms with E-state index in [1.807, 2.05) is 13.8 Å². The Kier molecular flexibility index (Phi) is 8.05. The minimum absolute atomic E-state index is 0.0650. The van der Waals surface area contributed by atoms with E-state index in [0.29, 0.717) is 18.5 Å². The Balaban J connectivity index is 2.61. The van der Waals surface area contributed by atoms with Crippen LogP contribution in [0.2, 0.25) is 0 Å². The van der Waals surface area contributed by atoms with Crippen LogP contribution < -0.4 is 10.0 Å². The first-order chi connectivity index (χ1) is 11.7. The maximum absolute atomic E-state index is 12.0. The van der Waals surface area contributed by atoms with E-state index in [1.165, 1.54) is 12.1 Å². The topological polar surface area (TPSA) is 113 Å². The van der Waals surface area contributed by atoms with Gasteiger partial charge in [-0.2, -0.15) is 0 Å². The SMILES string of the molecule is CCNS(=O)(=O)c1ccc(CC(=O)NCC(CC(C)C)C(=O)O)cc1. The van der Waals surface area contributed by atoms with E-state index in [9.17, 15) is 18.0 Å². The zero-order valence-corrected chi connectivity index (χ0v) is 15.6. The van der Waals surface area contributed by atoms with Gasteiger partial charge >= 0.3 is 5.97 Å². The minimum Gasteiger partial charge on any atom is -0.481 e. The van der Waals surface area contributed by atoms with E-state index >= 15 is 0 Å². The maximum Gasteiger partial charge on any atom is 0.308 e. The number of carboxylic acid groups (broad SMARTS) is 1. The van der Waals surface area contributed by atoms with Crippen molar-refractivity contribution in [3.8, 4) is 0 Å². The van der Waals surface area contributed by atoms with Crippen molar-refractivity contribution in [2.75, 3.05) is 13.1 Å². The number of amides is 1. The van der Waals surface area contributed by atoms with Gasteiger partial charge in [0.15, 0.2) is 0 Å². The van der Waals surface area contributed by atoms with Gasteiger partial charge in [0.1, 0.15) is 0 Å². The third kappa shape index (κ3) is 7.23. The molecular weight excluding hydrogens is 344 g/mol. The summed E-state index contributed by atoms with van der Waals surface area (Å²) in [5.74, 6) is -1.61. The van der Waals surface area contributed by atoms with Crippen molar-refractivity contribution in [1.29, 1.82) is 0 Å². The van der Waals surface area contributed by atoms with E-state index in [0.717, 1.165) is 0 Å². The highest BCUT2D eigenvalue weighted by Gasteiger charge is 2.19. The van der Waals surface area contributed by atoms with Crippen LogP contribution in [-0.2, 0) is 26.0 Å². The largest absolute Gasteiger partial charge is 0.481 e. The summed E-state index contributed by atoms with van der Waals surface area (Å²) >= 11 is 0. The first-order valence-electron chi connectivity index (χ1n) is 8.23. The summed E-state index contributed by atoms with van der Waals surface area (Å²) in [6.45, 7) is 5.94. The van der Waals surface area contributed by atoms with Crippen molar-refractivity contribution in [2.45, 2.75) is 38.5 Å². The van der Waals surface area contributed by atoms with Crippen LogP contribution in [0.25, 0.3) is 0 Å². The van der Waals surface area contributed by atoms with Crippen LogP contribution in [-0.4, -0.2) is 38.5 Å². The summed E-state index contributed by atoms with van der Waals surface area (Å²) in [6, 6.07) is 6.04. The van der Waals surface area contributed by atoms with Crippen LogP contribution in [0, 0.1) is 11.8 Å². The Bertz CT molecular complexity index is 683. The van der Waals surface area contributed by atoms with Crippen molar-refractivity contribution >= 4 is 21.9 Å². The molecule has 0 aliphatic rings. The van der Waals surface area contributed by atoms with Gasteiger partial charge < -0.3 is 10.4 Å². The number of benzene rings is 1. The van der Waals surface area contributed by atoms with E-state index < -0.39 is 21.9 Å². The number of sulfonamides is 1. The standard InChI is InChI=1S/C17H26N2O5S/c1-4-19-25(23,24)15-7-5-13(6-8-15)10-16(20)18-11-14(17(21)22)9-12(2)3/h5-8,12,14,19H,4,9-11H2,1-3H3,(H,18,20)(H,21,22).